The molecule has 0 bridgehead atoms. The number of hydrogen-bond acceptors (Lipinski definition) is 2. The minimum atomic E-state index is -4.27. The normalized spacial score (nSPS) is 22.9. The number of carbonyl (C=O) groups is 1. The molecule has 0 saturated carbocycles. The summed E-state index contributed by atoms with van der Waals surface area (Å²) in [7, 11) is 0. The van der Waals surface area contributed by atoms with E-state index >= 15 is 0 Å². The Labute approximate surface area is 119 Å². The third kappa shape index (κ3) is 3.93. The number of nitrogens with one attached hydrogen (secondary N) is 2. The zero-order chi connectivity index (χ0) is 15.6. The third-order valence-corrected chi connectivity index (χ3v) is 3.58. The van der Waals surface area contributed by atoms with Crippen molar-refractivity contribution in [3.8, 4) is 0 Å². The molecule has 0 aliphatic carbocycles. The highest BCUT2D eigenvalue weighted by Gasteiger charge is 2.41. The Bertz CT molecular complexity index is 522. The van der Waals surface area contributed by atoms with E-state index in [4.69, 9.17) is 0 Å². The number of alkyl halides is 3. The summed E-state index contributed by atoms with van der Waals surface area (Å²) in [6.07, 6.45) is -4.12. The van der Waals surface area contributed by atoms with Crippen molar-refractivity contribution in [3.05, 3.63) is 35.1 Å². The maximum atomic E-state index is 13.4. The topological polar surface area (TPSA) is 41.1 Å². The molecule has 2 rings (SSSR count). The molecular weight excluding hydrogens is 288 g/mol. The van der Waals surface area contributed by atoms with Crippen LogP contribution in [-0.2, 0) is 0 Å². The molecule has 1 heterocycles. The van der Waals surface area contributed by atoms with E-state index in [1.54, 1.807) is 6.92 Å². The van der Waals surface area contributed by atoms with E-state index < -0.39 is 23.9 Å². The Morgan fingerprint density at radius 2 is 2.05 bits per heavy atom. The summed E-state index contributed by atoms with van der Waals surface area (Å²) in [5, 5.41) is 4.99. The molecular formula is C14H16F4N2O. The molecule has 1 aliphatic heterocycles. The first kappa shape index (κ1) is 15.8. The van der Waals surface area contributed by atoms with Gasteiger partial charge in [-0.3, -0.25) is 4.79 Å². The van der Waals surface area contributed by atoms with E-state index in [0.717, 1.165) is 6.07 Å². The van der Waals surface area contributed by atoms with Crippen LogP contribution in [0.25, 0.3) is 0 Å². The zero-order valence-electron chi connectivity index (χ0n) is 11.4. The van der Waals surface area contributed by atoms with Gasteiger partial charge in [0.15, 0.2) is 0 Å². The van der Waals surface area contributed by atoms with Gasteiger partial charge in [-0.2, -0.15) is 13.2 Å². The molecule has 116 valence electrons. The second-order valence-corrected chi connectivity index (χ2v) is 5.21. The highest BCUT2D eigenvalue weighted by molar-refractivity contribution is 5.94. The molecule has 2 unspecified atom stereocenters. The summed E-state index contributed by atoms with van der Waals surface area (Å²) >= 11 is 0. The number of piperidine rings is 1. The lowest BCUT2D eigenvalue weighted by atomic mass is 10.00. The van der Waals surface area contributed by atoms with E-state index in [1.165, 1.54) is 12.1 Å². The summed E-state index contributed by atoms with van der Waals surface area (Å²) in [4.78, 5) is 11.9. The Hall–Kier alpha value is -1.63. The zero-order valence-corrected chi connectivity index (χ0v) is 11.4. The summed E-state index contributed by atoms with van der Waals surface area (Å²) in [6, 6.07) is 2.19. The average Bonchev–Trinajstić information content (AvgIpc) is 2.41. The Morgan fingerprint density at radius 1 is 1.33 bits per heavy atom. The van der Waals surface area contributed by atoms with Gasteiger partial charge in [-0.1, -0.05) is 6.07 Å². The minimum Gasteiger partial charge on any atom is -0.348 e. The highest BCUT2D eigenvalue weighted by Crippen LogP contribution is 2.26. The van der Waals surface area contributed by atoms with Gasteiger partial charge >= 0.3 is 6.18 Å². The van der Waals surface area contributed by atoms with Gasteiger partial charge in [0.25, 0.3) is 5.91 Å². The molecule has 1 fully saturated rings. The van der Waals surface area contributed by atoms with Gasteiger partial charge in [0.1, 0.15) is 11.9 Å². The van der Waals surface area contributed by atoms with Crippen LogP contribution in [0.3, 0.4) is 0 Å². The third-order valence-electron chi connectivity index (χ3n) is 3.58. The van der Waals surface area contributed by atoms with Crippen LogP contribution in [0.15, 0.2) is 18.2 Å². The molecule has 3 nitrogen and oxygen atoms in total. The van der Waals surface area contributed by atoms with Crippen molar-refractivity contribution >= 4 is 5.91 Å². The molecule has 1 amide bonds. The first-order valence-electron chi connectivity index (χ1n) is 6.64. The van der Waals surface area contributed by atoms with E-state index in [-0.39, 0.29) is 31.0 Å². The molecule has 21 heavy (non-hydrogen) atoms. The van der Waals surface area contributed by atoms with Crippen molar-refractivity contribution in [1.82, 2.24) is 10.6 Å². The molecule has 0 aromatic heterocycles. The van der Waals surface area contributed by atoms with E-state index in [9.17, 15) is 22.4 Å². The quantitative estimate of drug-likeness (QED) is 0.825. The number of hydrogen-bond donors (Lipinski definition) is 2. The van der Waals surface area contributed by atoms with Gasteiger partial charge in [0.2, 0.25) is 0 Å². The fraction of sp³-hybridized carbons (Fsp3) is 0.500. The Morgan fingerprint density at radius 3 is 2.57 bits per heavy atom. The van der Waals surface area contributed by atoms with Gasteiger partial charge in [0, 0.05) is 18.2 Å². The smallest absolute Gasteiger partial charge is 0.348 e. The molecule has 0 spiro atoms. The van der Waals surface area contributed by atoms with Crippen LogP contribution in [-0.4, -0.2) is 30.7 Å². The monoisotopic (exact) mass is 304 g/mol. The number of rotatable bonds is 2. The van der Waals surface area contributed by atoms with Gasteiger partial charge in [-0.15, -0.1) is 0 Å². The van der Waals surface area contributed by atoms with Crippen LogP contribution in [0.1, 0.15) is 28.8 Å². The number of aryl methyl sites for hydroxylation is 1. The van der Waals surface area contributed by atoms with Crippen molar-refractivity contribution in [2.45, 2.75) is 38.0 Å². The summed E-state index contributed by atoms with van der Waals surface area (Å²) in [5.41, 5.74) is 0.593. The highest BCUT2D eigenvalue weighted by atomic mass is 19.4. The van der Waals surface area contributed by atoms with Crippen molar-refractivity contribution in [2.24, 2.45) is 0 Å². The summed E-state index contributed by atoms with van der Waals surface area (Å²) in [5.74, 6) is -0.965. The van der Waals surface area contributed by atoms with Crippen LogP contribution in [0.4, 0.5) is 17.6 Å². The van der Waals surface area contributed by atoms with Crippen molar-refractivity contribution in [3.63, 3.8) is 0 Å². The van der Waals surface area contributed by atoms with Crippen molar-refractivity contribution in [1.29, 1.82) is 0 Å². The Kier molecular flexibility index (Phi) is 4.51. The van der Waals surface area contributed by atoms with Gasteiger partial charge < -0.3 is 10.6 Å². The molecule has 1 aromatic rings. The SMILES string of the molecule is Cc1ccc(C(=O)NC2CCC(C(F)(F)F)NC2)cc1F. The standard InChI is InChI=1S/C14H16F4N2O/c1-8-2-3-9(6-11(8)15)13(21)20-10-4-5-12(19-7-10)14(16,17)18/h2-3,6,10,12,19H,4-5,7H2,1H3,(H,20,21). The van der Waals surface area contributed by atoms with E-state index in [2.05, 4.69) is 10.6 Å². The second-order valence-electron chi connectivity index (χ2n) is 5.21. The number of carbonyl (C=O) groups excluding carboxylic acids is 1. The number of benzene rings is 1. The second kappa shape index (κ2) is 6.01. The predicted molar refractivity (Wildman–Crippen MR) is 69.5 cm³/mol. The molecule has 7 heteroatoms. The predicted octanol–water partition coefficient (Wildman–Crippen LogP) is 2.55. The van der Waals surface area contributed by atoms with E-state index in [0.29, 0.717) is 5.56 Å². The van der Waals surface area contributed by atoms with Crippen LogP contribution >= 0.6 is 0 Å². The van der Waals surface area contributed by atoms with Gasteiger partial charge in [0.05, 0.1) is 0 Å². The first-order chi connectivity index (χ1) is 9.77. The number of halogens is 4. The largest absolute Gasteiger partial charge is 0.403 e. The van der Waals surface area contributed by atoms with Crippen LogP contribution < -0.4 is 10.6 Å². The lowest BCUT2D eigenvalue weighted by Gasteiger charge is -2.31. The maximum absolute atomic E-state index is 13.4. The lowest BCUT2D eigenvalue weighted by molar-refractivity contribution is -0.160. The van der Waals surface area contributed by atoms with Gasteiger partial charge in [-0.25, -0.2) is 4.39 Å². The van der Waals surface area contributed by atoms with Gasteiger partial charge in [-0.05, 0) is 37.5 Å². The number of amides is 1. The van der Waals surface area contributed by atoms with Crippen LogP contribution in [0.2, 0.25) is 0 Å². The molecule has 1 aliphatic rings. The van der Waals surface area contributed by atoms with Crippen LogP contribution in [0, 0.1) is 12.7 Å². The Balaban J connectivity index is 1.91. The molecule has 1 aromatic carbocycles. The molecule has 0 radical (unpaired) electrons. The molecule has 2 N–H and O–H groups in total. The van der Waals surface area contributed by atoms with Crippen molar-refractivity contribution in [2.75, 3.05) is 6.54 Å². The summed E-state index contributed by atoms with van der Waals surface area (Å²) < 4.78 is 50.8. The van der Waals surface area contributed by atoms with Crippen molar-refractivity contribution < 1.29 is 22.4 Å². The molecule has 2 atom stereocenters. The maximum Gasteiger partial charge on any atom is 0.403 e. The van der Waals surface area contributed by atoms with E-state index in [1.807, 2.05) is 0 Å². The minimum absolute atomic E-state index is 0.0459. The summed E-state index contributed by atoms with van der Waals surface area (Å²) in [6.45, 7) is 1.63. The first-order valence-corrected chi connectivity index (χ1v) is 6.64. The lowest BCUT2D eigenvalue weighted by Crippen LogP contribution is -2.54. The fourth-order valence-corrected chi connectivity index (χ4v) is 2.26. The molecule has 1 saturated heterocycles. The van der Waals surface area contributed by atoms with Crippen LogP contribution in [0.5, 0.6) is 0 Å². The average molecular weight is 304 g/mol. The fourth-order valence-electron chi connectivity index (χ4n) is 2.26.